The van der Waals surface area contributed by atoms with Crippen molar-refractivity contribution < 1.29 is 23.9 Å². The van der Waals surface area contributed by atoms with Crippen molar-refractivity contribution in [3.8, 4) is 5.75 Å². The van der Waals surface area contributed by atoms with Crippen LogP contribution in [0.15, 0.2) is 60.7 Å². The van der Waals surface area contributed by atoms with Crippen LogP contribution in [0.1, 0.15) is 46.0 Å². The standard InChI is InChI=1S/C26H28N4O5/c1-4-35-24(32)21-14-22-23(31)29(16-19-11-8-12-20(13-19)34-3)26(2,17-30(22)28-21)25(33)27-15-18-9-6-5-7-10-18/h5-14H,4,15-17H2,1-3H3,(H,27,33)/t26-/m0/s1. The van der Waals surface area contributed by atoms with Gasteiger partial charge in [-0.05, 0) is 37.1 Å². The van der Waals surface area contributed by atoms with Crippen LogP contribution in [0.2, 0.25) is 0 Å². The number of fused-ring (bicyclic) bond motifs is 1. The van der Waals surface area contributed by atoms with Crippen LogP contribution in [0, 0.1) is 0 Å². The van der Waals surface area contributed by atoms with E-state index in [1.165, 1.54) is 15.6 Å². The number of carbonyl (C=O) groups is 3. The van der Waals surface area contributed by atoms with Gasteiger partial charge in [0.1, 0.15) is 17.0 Å². The zero-order valence-corrected chi connectivity index (χ0v) is 20.0. The molecule has 2 amide bonds. The molecule has 1 aliphatic rings. The highest BCUT2D eigenvalue weighted by molar-refractivity contribution is 6.01. The van der Waals surface area contributed by atoms with Gasteiger partial charge in [0, 0.05) is 19.2 Å². The minimum atomic E-state index is -1.26. The third-order valence-electron chi connectivity index (χ3n) is 6.04. The highest BCUT2D eigenvalue weighted by Gasteiger charge is 2.48. The van der Waals surface area contributed by atoms with E-state index in [0.717, 1.165) is 11.1 Å². The molecule has 0 radical (unpaired) electrons. The number of amides is 2. The zero-order chi connectivity index (χ0) is 25.0. The smallest absolute Gasteiger partial charge is 0.358 e. The molecule has 3 aromatic rings. The number of rotatable bonds is 8. The van der Waals surface area contributed by atoms with Crippen molar-refractivity contribution >= 4 is 17.8 Å². The number of aromatic nitrogens is 2. The molecule has 0 bridgehead atoms. The van der Waals surface area contributed by atoms with E-state index in [2.05, 4.69) is 10.4 Å². The van der Waals surface area contributed by atoms with Crippen LogP contribution in [0.25, 0.3) is 0 Å². The number of hydrogen-bond acceptors (Lipinski definition) is 6. The van der Waals surface area contributed by atoms with Crippen LogP contribution < -0.4 is 10.1 Å². The van der Waals surface area contributed by atoms with Gasteiger partial charge in [-0.1, -0.05) is 42.5 Å². The predicted molar refractivity (Wildman–Crippen MR) is 128 cm³/mol. The van der Waals surface area contributed by atoms with Crippen LogP contribution in [-0.2, 0) is 29.2 Å². The van der Waals surface area contributed by atoms with Crippen LogP contribution in [0.5, 0.6) is 5.75 Å². The average Bonchev–Trinajstić information content (AvgIpc) is 3.30. The van der Waals surface area contributed by atoms with E-state index in [9.17, 15) is 14.4 Å². The minimum Gasteiger partial charge on any atom is -0.497 e. The number of benzene rings is 2. The van der Waals surface area contributed by atoms with Gasteiger partial charge in [0.15, 0.2) is 5.69 Å². The fourth-order valence-corrected chi connectivity index (χ4v) is 4.12. The Morgan fingerprint density at radius 2 is 1.83 bits per heavy atom. The Kier molecular flexibility index (Phi) is 6.86. The molecule has 1 N–H and O–H groups in total. The molecule has 0 unspecified atom stereocenters. The lowest BCUT2D eigenvalue weighted by Crippen LogP contribution is -2.63. The Morgan fingerprint density at radius 3 is 2.54 bits per heavy atom. The number of ether oxygens (including phenoxy) is 2. The Balaban J connectivity index is 1.68. The van der Waals surface area contributed by atoms with Crippen molar-refractivity contribution in [2.24, 2.45) is 0 Å². The molecular weight excluding hydrogens is 448 g/mol. The Labute approximate surface area is 203 Å². The highest BCUT2D eigenvalue weighted by atomic mass is 16.5. The largest absolute Gasteiger partial charge is 0.497 e. The molecular formula is C26H28N4O5. The molecule has 0 fully saturated rings. The zero-order valence-electron chi connectivity index (χ0n) is 20.0. The van der Waals surface area contributed by atoms with Crippen molar-refractivity contribution in [1.29, 1.82) is 0 Å². The van der Waals surface area contributed by atoms with E-state index in [4.69, 9.17) is 9.47 Å². The molecule has 0 aliphatic carbocycles. The first-order valence-electron chi connectivity index (χ1n) is 11.4. The number of nitrogens with one attached hydrogen (secondary N) is 1. The first-order valence-corrected chi connectivity index (χ1v) is 11.4. The molecule has 9 nitrogen and oxygen atoms in total. The third-order valence-corrected chi connectivity index (χ3v) is 6.04. The lowest BCUT2D eigenvalue weighted by Gasteiger charge is -2.43. The van der Waals surface area contributed by atoms with Gasteiger partial charge in [-0.3, -0.25) is 14.3 Å². The lowest BCUT2D eigenvalue weighted by atomic mass is 9.94. The summed E-state index contributed by atoms with van der Waals surface area (Å²) in [6, 6.07) is 18.3. The van der Waals surface area contributed by atoms with Gasteiger partial charge in [0.05, 0.1) is 20.3 Å². The Hall–Kier alpha value is -4.14. The summed E-state index contributed by atoms with van der Waals surface area (Å²) < 4.78 is 11.8. The van der Waals surface area contributed by atoms with Crippen LogP contribution >= 0.6 is 0 Å². The minimum absolute atomic E-state index is 0.0328. The first kappa shape index (κ1) is 24.0. The quantitative estimate of drug-likeness (QED) is 0.502. The summed E-state index contributed by atoms with van der Waals surface area (Å²) >= 11 is 0. The fourth-order valence-electron chi connectivity index (χ4n) is 4.12. The van der Waals surface area contributed by atoms with Crippen molar-refractivity contribution in [3.05, 3.63) is 83.2 Å². The molecule has 2 heterocycles. The average molecular weight is 477 g/mol. The highest BCUT2D eigenvalue weighted by Crippen LogP contribution is 2.30. The van der Waals surface area contributed by atoms with Gasteiger partial charge in [0.25, 0.3) is 5.91 Å². The normalized spacial score (nSPS) is 17.0. The van der Waals surface area contributed by atoms with Crippen molar-refractivity contribution in [2.45, 2.75) is 39.0 Å². The predicted octanol–water partition coefficient (Wildman–Crippen LogP) is 2.80. The van der Waals surface area contributed by atoms with E-state index in [1.807, 2.05) is 54.6 Å². The van der Waals surface area contributed by atoms with Gasteiger partial charge in [0.2, 0.25) is 5.91 Å². The first-order chi connectivity index (χ1) is 16.9. The molecule has 4 rings (SSSR count). The third kappa shape index (κ3) is 4.89. The molecule has 35 heavy (non-hydrogen) atoms. The van der Waals surface area contributed by atoms with Gasteiger partial charge >= 0.3 is 5.97 Å². The van der Waals surface area contributed by atoms with E-state index in [-0.39, 0.29) is 37.0 Å². The van der Waals surface area contributed by atoms with Crippen LogP contribution in [0.3, 0.4) is 0 Å². The second-order valence-corrected chi connectivity index (χ2v) is 8.48. The number of methoxy groups -OCH3 is 1. The van der Waals surface area contributed by atoms with E-state index in [0.29, 0.717) is 12.3 Å². The van der Waals surface area contributed by atoms with Crippen molar-refractivity contribution in [3.63, 3.8) is 0 Å². The molecule has 1 aliphatic heterocycles. The summed E-state index contributed by atoms with van der Waals surface area (Å²) in [5.41, 5.74) is 0.739. The molecule has 1 atom stereocenters. The number of hydrogen-bond donors (Lipinski definition) is 1. The van der Waals surface area contributed by atoms with Crippen molar-refractivity contribution in [2.75, 3.05) is 13.7 Å². The summed E-state index contributed by atoms with van der Waals surface area (Å²) in [6.45, 7) is 4.17. The summed E-state index contributed by atoms with van der Waals surface area (Å²) in [4.78, 5) is 41.0. The Morgan fingerprint density at radius 1 is 1.09 bits per heavy atom. The van der Waals surface area contributed by atoms with Crippen LogP contribution in [0.4, 0.5) is 0 Å². The fraction of sp³-hybridized carbons (Fsp3) is 0.308. The van der Waals surface area contributed by atoms with Gasteiger partial charge in [-0.25, -0.2) is 4.79 Å². The maximum atomic E-state index is 13.7. The number of esters is 1. The van der Waals surface area contributed by atoms with Gasteiger partial charge in [-0.15, -0.1) is 0 Å². The summed E-state index contributed by atoms with van der Waals surface area (Å²) in [5, 5.41) is 7.24. The monoisotopic (exact) mass is 476 g/mol. The SMILES string of the molecule is CCOC(=O)c1cc2n(n1)C[C@@](C)(C(=O)NCc1ccccc1)N(Cc1cccc(OC)c1)C2=O. The molecule has 0 spiro atoms. The second-order valence-electron chi connectivity index (χ2n) is 8.48. The summed E-state index contributed by atoms with van der Waals surface area (Å²) in [6.07, 6.45) is 0. The van der Waals surface area contributed by atoms with Crippen molar-refractivity contribution in [1.82, 2.24) is 20.0 Å². The molecule has 182 valence electrons. The van der Waals surface area contributed by atoms with E-state index >= 15 is 0 Å². The Bertz CT molecular complexity index is 1240. The molecule has 0 saturated carbocycles. The summed E-state index contributed by atoms with van der Waals surface area (Å²) in [7, 11) is 1.57. The molecule has 0 saturated heterocycles. The van der Waals surface area contributed by atoms with E-state index < -0.39 is 17.4 Å². The topological polar surface area (TPSA) is 103 Å². The second kappa shape index (κ2) is 10.0. The number of carbonyl (C=O) groups excluding carboxylic acids is 3. The maximum Gasteiger partial charge on any atom is 0.358 e. The maximum absolute atomic E-state index is 13.7. The molecule has 2 aromatic carbocycles. The molecule has 9 heteroatoms. The van der Waals surface area contributed by atoms with Gasteiger partial charge < -0.3 is 19.7 Å². The number of nitrogens with zero attached hydrogens (tertiary/aromatic N) is 3. The molecule has 1 aromatic heterocycles. The summed E-state index contributed by atoms with van der Waals surface area (Å²) in [5.74, 6) is -0.690. The van der Waals surface area contributed by atoms with Crippen LogP contribution in [-0.4, -0.2) is 51.7 Å². The van der Waals surface area contributed by atoms with E-state index in [1.54, 1.807) is 21.0 Å². The lowest BCUT2D eigenvalue weighted by molar-refractivity contribution is -0.133. The van der Waals surface area contributed by atoms with Gasteiger partial charge in [-0.2, -0.15) is 5.10 Å².